The highest BCUT2D eigenvalue weighted by atomic mass is 16.5. The van der Waals surface area contributed by atoms with Gasteiger partial charge >= 0.3 is 0 Å². The number of hydrogen-bond donors (Lipinski definition) is 1. The lowest BCUT2D eigenvalue weighted by Crippen LogP contribution is -2.10. The topological polar surface area (TPSA) is 30.5 Å². The largest absolute Gasteiger partial charge is 0.489 e. The molecule has 0 saturated carbocycles. The van der Waals surface area contributed by atoms with Gasteiger partial charge in [-0.3, -0.25) is 0 Å². The second kappa shape index (κ2) is 10.9. The van der Waals surface area contributed by atoms with E-state index in [2.05, 4.69) is 19.2 Å². The van der Waals surface area contributed by atoms with Gasteiger partial charge in [-0.05, 0) is 18.1 Å². The zero-order valence-corrected chi connectivity index (χ0v) is 12.3. The summed E-state index contributed by atoms with van der Waals surface area (Å²) in [5, 5.41) is 3.37. The van der Waals surface area contributed by atoms with Crippen molar-refractivity contribution in [3.8, 4) is 5.75 Å². The van der Waals surface area contributed by atoms with E-state index < -0.39 is 0 Å². The number of nitrogens with one attached hydrogen (secondary N) is 1. The zero-order valence-electron chi connectivity index (χ0n) is 12.3. The van der Waals surface area contributed by atoms with Gasteiger partial charge in [-0.15, -0.1) is 0 Å². The normalized spacial score (nSPS) is 9.67. The van der Waals surface area contributed by atoms with Gasteiger partial charge in [-0.1, -0.05) is 39.8 Å². The molecule has 0 fully saturated rings. The van der Waals surface area contributed by atoms with E-state index in [1.165, 1.54) is 0 Å². The van der Waals surface area contributed by atoms with Crippen molar-refractivity contribution in [1.82, 2.24) is 0 Å². The Morgan fingerprint density at radius 3 is 2.39 bits per heavy atom. The molecule has 18 heavy (non-hydrogen) atoms. The first-order chi connectivity index (χ1) is 8.74. The van der Waals surface area contributed by atoms with Gasteiger partial charge in [-0.2, -0.15) is 0 Å². The van der Waals surface area contributed by atoms with Crippen LogP contribution in [-0.4, -0.2) is 26.9 Å². The molecule has 0 saturated heterocycles. The molecular formula is C15H27NO2. The van der Waals surface area contributed by atoms with Crippen molar-refractivity contribution >= 4 is 5.69 Å². The van der Waals surface area contributed by atoms with Crippen LogP contribution in [0.2, 0.25) is 0 Å². The summed E-state index contributed by atoms with van der Waals surface area (Å²) in [5.74, 6) is 1.51. The fourth-order valence-corrected chi connectivity index (χ4v) is 1.29. The van der Waals surface area contributed by atoms with Crippen molar-refractivity contribution in [2.75, 3.05) is 32.2 Å². The molecule has 3 heteroatoms. The van der Waals surface area contributed by atoms with Gasteiger partial charge in [0.1, 0.15) is 12.4 Å². The summed E-state index contributed by atoms with van der Waals surface area (Å²) in [6, 6.07) is 7.98. The van der Waals surface area contributed by atoms with E-state index in [0.717, 1.165) is 18.0 Å². The SMILES string of the molecule is CC.COCCOc1ccccc1NCC(C)C. The van der Waals surface area contributed by atoms with Gasteiger partial charge in [0, 0.05) is 13.7 Å². The van der Waals surface area contributed by atoms with Crippen molar-refractivity contribution in [2.45, 2.75) is 27.7 Å². The minimum Gasteiger partial charge on any atom is -0.489 e. The van der Waals surface area contributed by atoms with Gasteiger partial charge < -0.3 is 14.8 Å². The molecule has 0 atom stereocenters. The Kier molecular flexibility index (Phi) is 10.2. The summed E-state index contributed by atoms with van der Waals surface area (Å²) in [4.78, 5) is 0. The van der Waals surface area contributed by atoms with Crippen LogP contribution in [0.15, 0.2) is 24.3 Å². The summed E-state index contributed by atoms with van der Waals surface area (Å²) in [7, 11) is 1.67. The van der Waals surface area contributed by atoms with E-state index >= 15 is 0 Å². The average Bonchev–Trinajstić information content (AvgIpc) is 2.40. The van der Waals surface area contributed by atoms with Crippen molar-refractivity contribution < 1.29 is 9.47 Å². The number of anilines is 1. The second-order valence-corrected chi connectivity index (χ2v) is 4.11. The van der Waals surface area contributed by atoms with Crippen molar-refractivity contribution in [3.63, 3.8) is 0 Å². The van der Waals surface area contributed by atoms with Gasteiger partial charge in [-0.25, -0.2) is 0 Å². The van der Waals surface area contributed by atoms with E-state index in [1.54, 1.807) is 7.11 Å². The van der Waals surface area contributed by atoms with Crippen molar-refractivity contribution in [1.29, 1.82) is 0 Å². The molecule has 0 unspecified atom stereocenters. The van der Waals surface area contributed by atoms with Gasteiger partial charge in [0.05, 0.1) is 12.3 Å². The van der Waals surface area contributed by atoms with Crippen LogP contribution in [-0.2, 0) is 4.74 Å². The Morgan fingerprint density at radius 2 is 1.78 bits per heavy atom. The number of para-hydroxylation sites is 2. The molecule has 1 N–H and O–H groups in total. The van der Waals surface area contributed by atoms with Gasteiger partial charge in [0.2, 0.25) is 0 Å². The third kappa shape index (κ3) is 7.17. The van der Waals surface area contributed by atoms with E-state index in [1.807, 2.05) is 38.1 Å². The highest BCUT2D eigenvalue weighted by molar-refractivity contribution is 5.56. The molecule has 0 heterocycles. The molecule has 0 amide bonds. The molecule has 1 aromatic carbocycles. The summed E-state index contributed by atoms with van der Waals surface area (Å²) >= 11 is 0. The van der Waals surface area contributed by atoms with Crippen LogP contribution < -0.4 is 10.1 Å². The maximum absolute atomic E-state index is 5.62. The molecule has 0 aliphatic heterocycles. The van der Waals surface area contributed by atoms with Gasteiger partial charge in [0.15, 0.2) is 0 Å². The quantitative estimate of drug-likeness (QED) is 0.750. The lowest BCUT2D eigenvalue weighted by atomic mass is 10.2. The van der Waals surface area contributed by atoms with Crippen LogP contribution >= 0.6 is 0 Å². The fraction of sp³-hybridized carbons (Fsp3) is 0.600. The smallest absolute Gasteiger partial charge is 0.142 e. The number of ether oxygens (including phenoxy) is 2. The van der Waals surface area contributed by atoms with Crippen LogP contribution in [0.25, 0.3) is 0 Å². The number of methoxy groups -OCH3 is 1. The lowest BCUT2D eigenvalue weighted by molar-refractivity contribution is 0.146. The monoisotopic (exact) mass is 253 g/mol. The summed E-state index contributed by atoms with van der Waals surface area (Å²) in [6.07, 6.45) is 0. The Bertz CT molecular complexity index is 300. The highest BCUT2D eigenvalue weighted by Crippen LogP contribution is 2.23. The summed E-state index contributed by atoms with van der Waals surface area (Å²) in [6.45, 7) is 10.5. The van der Waals surface area contributed by atoms with Crippen LogP contribution in [0.1, 0.15) is 27.7 Å². The third-order valence-electron chi connectivity index (χ3n) is 2.13. The number of rotatable bonds is 7. The Hall–Kier alpha value is -1.22. The molecule has 1 rings (SSSR count). The number of hydrogen-bond acceptors (Lipinski definition) is 3. The average molecular weight is 253 g/mol. The first-order valence-electron chi connectivity index (χ1n) is 6.68. The Morgan fingerprint density at radius 1 is 1.11 bits per heavy atom. The summed E-state index contributed by atoms with van der Waals surface area (Å²) in [5.41, 5.74) is 1.05. The van der Waals surface area contributed by atoms with Crippen molar-refractivity contribution in [3.05, 3.63) is 24.3 Å². The van der Waals surface area contributed by atoms with Crippen LogP contribution in [0.5, 0.6) is 5.75 Å². The molecule has 0 spiro atoms. The van der Waals surface area contributed by atoms with E-state index in [0.29, 0.717) is 19.1 Å². The molecule has 1 aromatic rings. The highest BCUT2D eigenvalue weighted by Gasteiger charge is 2.02. The molecule has 104 valence electrons. The Labute approximate surface area is 111 Å². The minimum absolute atomic E-state index is 0.580. The molecule has 0 aliphatic rings. The molecule has 0 aromatic heterocycles. The predicted octanol–water partition coefficient (Wildman–Crippen LogP) is 3.81. The van der Waals surface area contributed by atoms with E-state index in [-0.39, 0.29) is 0 Å². The molecule has 3 nitrogen and oxygen atoms in total. The minimum atomic E-state index is 0.580. The first kappa shape index (κ1) is 16.8. The van der Waals surface area contributed by atoms with E-state index in [9.17, 15) is 0 Å². The predicted molar refractivity (Wildman–Crippen MR) is 78.5 cm³/mol. The molecular weight excluding hydrogens is 226 g/mol. The van der Waals surface area contributed by atoms with Crippen LogP contribution in [0.3, 0.4) is 0 Å². The maximum atomic E-state index is 5.62. The van der Waals surface area contributed by atoms with Crippen LogP contribution in [0, 0.1) is 5.92 Å². The third-order valence-corrected chi connectivity index (χ3v) is 2.13. The standard InChI is InChI=1S/C13H21NO2.C2H6/c1-11(2)10-14-12-6-4-5-7-13(12)16-9-8-15-3;1-2/h4-7,11,14H,8-10H2,1-3H3;1-2H3. The molecule has 0 radical (unpaired) electrons. The second-order valence-electron chi connectivity index (χ2n) is 4.11. The fourth-order valence-electron chi connectivity index (χ4n) is 1.29. The summed E-state index contributed by atoms with van der Waals surface area (Å²) < 4.78 is 10.6. The van der Waals surface area contributed by atoms with E-state index in [4.69, 9.17) is 9.47 Å². The van der Waals surface area contributed by atoms with Crippen molar-refractivity contribution in [2.24, 2.45) is 5.92 Å². The zero-order chi connectivity index (χ0) is 13.8. The van der Waals surface area contributed by atoms with Gasteiger partial charge in [0.25, 0.3) is 0 Å². The lowest BCUT2D eigenvalue weighted by Gasteiger charge is -2.14. The van der Waals surface area contributed by atoms with Crippen LogP contribution in [0.4, 0.5) is 5.69 Å². The number of benzene rings is 1. The maximum Gasteiger partial charge on any atom is 0.142 e. The molecule has 0 aliphatic carbocycles. The molecule has 0 bridgehead atoms. The first-order valence-corrected chi connectivity index (χ1v) is 6.68. The Balaban J connectivity index is 0.00000137.